The van der Waals surface area contributed by atoms with Gasteiger partial charge in [-0.3, -0.25) is 4.68 Å². The van der Waals surface area contributed by atoms with Gasteiger partial charge in [0.2, 0.25) is 0 Å². The molecule has 2 N–H and O–H groups in total. The van der Waals surface area contributed by atoms with Crippen molar-refractivity contribution in [2.75, 3.05) is 12.8 Å². The van der Waals surface area contributed by atoms with E-state index in [4.69, 9.17) is 10.5 Å². The predicted octanol–water partition coefficient (Wildman–Crippen LogP) is 2.60. The van der Waals surface area contributed by atoms with E-state index in [1.54, 1.807) is 11.8 Å². The van der Waals surface area contributed by atoms with E-state index in [-0.39, 0.29) is 0 Å². The number of anilines is 1. The van der Waals surface area contributed by atoms with E-state index in [2.05, 4.69) is 17.2 Å². The molecule has 96 valence electrons. The number of ether oxygens (including phenoxy) is 1. The zero-order valence-electron chi connectivity index (χ0n) is 11.5. The molecule has 1 aromatic carbocycles. The van der Waals surface area contributed by atoms with Crippen LogP contribution in [0.4, 0.5) is 5.82 Å². The summed E-state index contributed by atoms with van der Waals surface area (Å²) in [7, 11) is 3.59. The SMILES string of the molecule is COc1c(C)cc(-c2c(N)nn(C)c2C)cc1C. The first kappa shape index (κ1) is 12.5. The highest BCUT2D eigenvalue weighted by molar-refractivity contribution is 5.78. The average molecular weight is 245 g/mol. The number of nitrogens with zero attached hydrogens (tertiary/aromatic N) is 2. The molecule has 0 spiro atoms. The maximum atomic E-state index is 5.98. The Morgan fingerprint density at radius 2 is 1.72 bits per heavy atom. The Morgan fingerprint density at radius 3 is 2.11 bits per heavy atom. The quantitative estimate of drug-likeness (QED) is 0.884. The molecule has 18 heavy (non-hydrogen) atoms. The Hall–Kier alpha value is -1.97. The van der Waals surface area contributed by atoms with Crippen LogP contribution in [0.2, 0.25) is 0 Å². The zero-order chi connectivity index (χ0) is 13.4. The summed E-state index contributed by atoms with van der Waals surface area (Å²) in [5, 5.41) is 4.25. The van der Waals surface area contributed by atoms with Gasteiger partial charge < -0.3 is 10.5 Å². The molecule has 0 aliphatic heterocycles. The lowest BCUT2D eigenvalue weighted by molar-refractivity contribution is 0.408. The minimum absolute atomic E-state index is 0.568. The molecule has 0 radical (unpaired) electrons. The van der Waals surface area contributed by atoms with Crippen molar-refractivity contribution in [3.8, 4) is 16.9 Å². The van der Waals surface area contributed by atoms with Gasteiger partial charge in [-0.15, -0.1) is 0 Å². The van der Waals surface area contributed by atoms with Crippen LogP contribution in [0.5, 0.6) is 5.75 Å². The molecule has 0 atom stereocenters. The van der Waals surface area contributed by atoms with Crippen LogP contribution in [0.3, 0.4) is 0 Å². The van der Waals surface area contributed by atoms with Crippen molar-refractivity contribution in [2.45, 2.75) is 20.8 Å². The monoisotopic (exact) mass is 245 g/mol. The van der Waals surface area contributed by atoms with E-state index in [0.717, 1.165) is 33.7 Å². The summed E-state index contributed by atoms with van der Waals surface area (Å²) in [6, 6.07) is 4.18. The number of methoxy groups -OCH3 is 1. The number of aromatic nitrogens is 2. The van der Waals surface area contributed by atoms with Gasteiger partial charge in [0.15, 0.2) is 5.82 Å². The number of rotatable bonds is 2. The maximum absolute atomic E-state index is 5.98. The number of hydrogen-bond donors (Lipinski definition) is 1. The Labute approximate surface area is 107 Å². The topological polar surface area (TPSA) is 53.1 Å². The smallest absolute Gasteiger partial charge is 0.153 e. The molecule has 0 fully saturated rings. The summed E-state index contributed by atoms with van der Waals surface area (Å²) >= 11 is 0. The summed E-state index contributed by atoms with van der Waals surface area (Å²) in [5.41, 5.74) is 11.4. The average Bonchev–Trinajstić information content (AvgIpc) is 2.52. The van der Waals surface area contributed by atoms with Crippen LogP contribution in [0.15, 0.2) is 12.1 Å². The molecule has 0 unspecified atom stereocenters. The first-order valence-corrected chi connectivity index (χ1v) is 5.90. The normalized spacial score (nSPS) is 10.7. The van der Waals surface area contributed by atoms with Gasteiger partial charge in [0.05, 0.1) is 7.11 Å². The van der Waals surface area contributed by atoms with E-state index >= 15 is 0 Å². The third kappa shape index (κ3) is 1.83. The fourth-order valence-corrected chi connectivity index (χ4v) is 2.41. The van der Waals surface area contributed by atoms with Gasteiger partial charge in [-0.1, -0.05) is 0 Å². The van der Waals surface area contributed by atoms with Gasteiger partial charge in [0.25, 0.3) is 0 Å². The molecule has 0 bridgehead atoms. The first-order valence-electron chi connectivity index (χ1n) is 5.90. The molecule has 0 saturated heterocycles. The number of nitrogen functional groups attached to an aromatic ring is 1. The van der Waals surface area contributed by atoms with E-state index < -0.39 is 0 Å². The summed E-state index contributed by atoms with van der Waals surface area (Å²) in [4.78, 5) is 0. The third-order valence-corrected chi connectivity index (χ3v) is 3.31. The van der Waals surface area contributed by atoms with Crippen molar-refractivity contribution < 1.29 is 4.74 Å². The van der Waals surface area contributed by atoms with Crippen LogP contribution in [-0.4, -0.2) is 16.9 Å². The van der Waals surface area contributed by atoms with E-state index in [0.29, 0.717) is 5.82 Å². The van der Waals surface area contributed by atoms with Crippen LogP contribution < -0.4 is 10.5 Å². The lowest BCUT2D eigenvalue weighted by Gasteiger charge is -2.11. The van der Waals surface area contributed by atoms with Crippen molar-refractivity contribution in [1.82, 2.24) is 9.78 Å². The molecule has 0 amide bonds. The predicted molar refractivity (Wildman–Crippen MR) is 73.8 cm³/mol. The molecular formula is C14H19N3O. The van der Waals surface area contributed by atoms with Crippen molar-refractivity contribution in [3.05, 3.63) is 29.0 Å². The van der Waals surface area contributed by atoms with Gasteiger partial charge in [-0.05, 0) is 49.6 Å². The Balaban J connectivity index is 2.65. The molecule has 4 nitrogen and oxygen atoms in total. The Kier molecular flexibility index (Phi) is 3.03. The van der Waals surface area contributed by atoms with Crippen molar-refractivity contribution in [1.29, 1.82) is 0 Å². The molecule has 1 aromatic heterocycles. The molecule has 1 heterocycles. The lowest BCUT2D eigenvalue weighted by Crippen LogP contribution is -1.94. The molecule has 4 heteroatoms. The third-order valence-electron chi connectivity index (χ3n) is 3.31. The van der Waals surface area contributed by atoms with Gasteiger partial charge in [0.1, 0.15) is 5.75 Å². The highest BCUT2D eigenvalue weighted by Crippen LogP contribution is 2.34. The van der Waals surface area contributed by atoms with Crippen LogP contribution in [0.25, 0.3) is 11.1 Å². The van der Waals surface area contributed by atoms with Crippen molar-refractivity contribution >= 4 is 5.82 Å². The molecule has 0 saturated carbocycles. The molecule has 2 rings (SSSR count). The summed E-state index contributed by atoms with van der Waals surface area (Å²) < 4.78 is 7.19. The second-order valence-corrected chi connectivity index (χ2v) is 4.61. The molecular weight excluding hydrogens is 226 g/mol. The largest absolute Gasteiger partial charge is 0.496 e. The Bertz CT molecular complexity index is 576. The second-order valence-electron chi connectivity index (χ2n) is 4.61. The van der Waals surface area contributed by atoms with E-state index in [9.17, 15) is 0 Å². The number of benzene rings is 1. The van der Waals surface area contributed by atoms with Crippen LogP contribution in [0.1, 0.15) is 16.8 Å². The highest BCUT2D eigenvalue weighted by Gasteiger charge is 2.14. The maximum Gasteiger partial charge on any atom is 0.153 e. The van der Waals surface area contributed by atoms with Crippen LogP contribution in [-0.2, 0) is 7.05 Å². The second kappa shape index (κ2) is 4.37. The number of hydrogen-bond acceptors (Lipinski definition) is 3. The number of aryl methyl sites for hydroxylation is 3. The highest BCUT2D eigenvalue weighted by atomic mass is 16.5. The van der Waals surface area contributed by atoms with Gasteiger partial charge >= 0.3 is 0 Å². The molecule has 0 aliphatic carbocycles. The van der Waals surface area contributed by atoms with Gasteiger partial charge in [0, 0.05) is 18.3 Å². The minimum Gasteiger partial charge on any atom is -0.496 e. The summed E-state index contributed by atoms with van der Waals surface area (Å²) in [6.45, 7) is 6.10. The standard InChI is InChI=1S/C14H19N3O/c1-8-6-11(7-9(2)13(8)18-5)12-10(3)17(4)16-14(12)15/h6-7H,1-5H3,(H2,15,16). The van der Waals surface area contributed by atoms with Crippen molar-refractivity contribution in [2.24, 2.45) is 7.05 Å². The zero-order valence-corrected chi connectivity index (χ0v) is 11.5. The van der Waals surface area contributed by atoms with Crippen LogP contribution in [0, 0.1) is 20.8 Å². The summed E-state index contributed by atoms with van der Waals surface area (Å²) in [6.07, 6.45) is 0. The van der Waals surface area contributed by atoms with E-state index in [1.807, 2.05) is 27.8 Å². The van der Waals surface area contributed by atoms with Gasteiger partial charge in [-0.2, -0.15) is 5.10 Å². The molecule has 2 aromatic rings. The Morgan fingerprint density at radius 1 is 1.17 bits per heavy atom. The van der Waals surface area contributed by atoms with Crippen LogP contribution >= 0.6 is 0 Å². The number of nitrogens with two attached hydrogens (primary N) is 1. The fraction of sp³-hybridized carbons (Fsp3) is 0.357. The van der Waals surface area contributed by atoms with Crippen molar-refractivity contribution in [3.63, 3.8) is 0 Å². The first-order chi connectivity index (χ1) is 8.45. The minimum atomic E-state index is 0.568. The fourth-order valence-electron chi connectivity index (χ4n) is 2.41. The summed E-state index contributed by atoms with van der Waals surface area (Å²) in [5.74, 6) is 1.50. The van der Waals surface area contributed by atoms with Gasteiger partial charge in [-0.25, -0.2) is 0 Å². The molecule has 0 aliphatic rings. The van der Waals surface area contributed by atoms with E-state index in [1.165, 1.54) is 0 Å². The lowest BCUT2D eigenvalue weighted by atomic mass is 9.99.